The van der Waals surface area contributed by atoms with Crippen LogP contribution >= 0.6 is 24.0 Å². The van der Waals surface area contributed by atoms with Crippen LogP contribution in [0.4, 0.5) is 0 Å². The molecular formula is C15H34INO. The molecule has 1 atom stereocenters. The van der Waals surface area contributed by atoms with Crippen LogP contribution in [0.5, 0.6) is 0 Å². The highest BCUT2D eigenvalue weighted by Crippen LogP contribution is 2.12. The number of hydrogen-bond donors (Lipinski definition) is 2. The van der Waals surface area contributed by atoms with E-state index in [1.165, 1.54) is 64.2 Å². The highest BCUT2D eigenvalue weighted by atomic mass is 127. The summed E-state index contributed by atoms with van der Waals surface area (Å²) >= 11 is 0. The van der Waals surface area contributed by atoms with E-state index >= 15 is 0 Å². The lowest BCUT2D eigenvalue weighted by atomic mass is 10.0. The molecule has 0 saturated carbocycles. The Hall–Kier alpha value is 0.650. The van der Waals surface area contributed by atoms with Gasteiger partial charge in [0.1, 0.15) is 0 Å². The highest BCUT2D eigenvalue weighted by Gasteiger charge is 2.00. The van der Waals surface area contributed by atoms with Gasteiger partial charge in [-0.3, -0.25) is 0 Å². The molecule has 0 aliphatic carbocycles. The van der Waals surface area contributed by atoms with Gasteiger partial charge in [0, 0.05) is 12.6 Å². The van der Waals surface area contributed by atoms with E-state index in [2.05, 4.69) is 6.92 Å². The largest absolute Gasteiger partial charge is 0.396 e. The van der Waals surface area contributed by atoms with E-state index in [0.29, 0.717) is 0 Å². The van der Waals surface area contributed by atoms with Gasteiger partial charge < -0.3 is 10.8 Å². The summed E-state index contributed by atoms with van der Waals surface area (Å²) in [5.74, 6) is 0. The molecule has 0 aromatic rings. The minimum absolute atomic E-state index is 0. The van der Waals surface area contributed by atoms with Crippen molar-refractivity contribution in [3.8, 4) is 0 Å². The number of halogens is 1. The van der Waals surface area contributed by atoms with Crippen molar-refractivity contribution in [3.63, 3.8) is 0 Å². The average molecular weight is 371 g/mol. The van der Waals surface area contributed by atoms with Crippen molar-refractivity contribution in [2.75, 3.05) is 6.61 Å². The van der Waals surface area contributed by atoms with Crippen molar-refractivity contribution in [2.45, 2.75) is 90.0 Å². The normalized spacial score (nSPS) is 12.2. The van der Waals surface area contributed by atoms with E-state index in [1.807, 2.05) is 0 Å². The second-order valence-electron chi connectivity index (χ2n) is 5.24. The summed E-state index contributed by atoms with van der Waals surface area (Å²) in [6.45, 7) is 2.50. The Labute approximate surface area is 131 Å². The number of aliphatic hydroxyl groups excluding tert-OH is 1. The fourth-order valence-corrected chi connectivity index (χ4v) is 2.20. The van der Waals surface area contributed by atoms with Gasteiger partial charge in [-0.1, -0.05) is 71.1 Å². The molecule has 2 nitrogen and oxygen atoms in total. The Morgan fingerprint density at radius 1 is 0.778 bits per heavy atom. The molecule has 0 bridgehead atoms. The van der Waals surface area contributed by atoms with E-state index in [1.54, 1.807) is 0 Å². The highest BCUT2D eigenvalue weighted by molar-refractivity contribution is 14.0. The predicted molar refractivity (Wildman–Crippen MR) is 91.6 cm³/mol. The first-order valence-electron chi connectivity index (χ1n) is 7.67. The van der Waals surface area contributed by atoms with E-state index in [0.717, 1.165) is 12.8 Å². The SMILES string of the molecule is CCCCCCCCCCCCC(N)CCO.I. The maximum Gasteiger partial charge on any atom is 0.0445 e. The van der Waals surface area contributed by atoms with Crippen LogP contribution < -0.4 is 5.73 Å². The lowest BCUT2D eigenvalue weighted by Crippen LogP contribution is -2.20. The van der Waals surface area contributed by atoms with Gasteiger partial charge in [-0.2, -0.15) is 0 Å². The maximum absolute atomic E-state index is 8.72. The fourth-order valence-electron chi connectivity index (χ4n) is 2.20. The first-order valence-corrected chi connectivity index (χ1v) is 7.67. The Morgan fingerprint density at radius 2 is 1.22 bits per heavy atom. The number of rotatable bonds is 13. The molecule has 112 valence electrons. The van der Waals surface area contributed by atoms with Gasteiger partial charge in [-0.05, 0) is 12.8 Å². The van der Waals surface area contributed by atoms with E-state index < -0.39 is 0 Å². The number of aliphatic hydroxyl groups is 1. The fraction of sp³-hybridized carbons (Fsp3) is 1.00. The van der Waals surface area contributed by atoms with Gasteiger partial charge >= 0.3 is 0 Å². The number of nitrogens with two attached hydrogens (primary N) is 1. The summed E-state index contributed by atoms with van der Waals surface area (Å²) in [5.41, 5.74) is 5.83. The lowest BCUT2D eigenvalue weighted by Gasteiger charge is -2.08. The third kappa shape index (κ3) is 16.6. The van der Waals surface area contributed by atoms with Gasteiger partial charge in [0.15, 0.2) is 0 Å². The number of hydrogen-bond acceptors (Lipinski definition) is 2. The summed E-state index contributed by atoms with van der Waals surface area (Å²) in [5, 5.41) is 8.72. The predicted octanol–water partition coefficient (Wildman–Crippen LogP) is 4.63. The van der Waals surface area contributed by atoms with Crippen LogP contribution in [0.15, 0.2) is 0 Å². The standard InChI is InChI=1S/C15H33NO.HI/c1-2-3-4-5-6-7-8-9-10-11-12-15(16)13-14-17;/h15,17H,2-14,16H2,1H3;1H. The second-order valence-corrected chi connectivity index (χ2v) is 5.24. The van der Waals surface area contributed by atoms with Crippen LogP contribution in [0.25, 0.3) is 0 Å². The molecule has 3 N–H and O–H groups in total. The Kier molecular flexibility index (Phi) is 20.6. The van der Waals surface area contributed by atoms with Crippen LogP contribution in [-0.4, -0.2) is 17.8 Å². The molecule has 0 fully saturated rings. The van der Waals surface area contributed by atoms with Crippen molar-refractivity contribution in [3.05, 3.63) is 0 Å². The van der Waals surface area contributed by atoms with Crippen LogP contribution in [0, 0.1) is 0 Å². The zero-order valence-corrected chi connectivity index (χ0v) is 14.5. The molecule has 0 amide bonds. The van der Waals surface area contributed by atoms with Gasteiger partial charge in [0.2, 0.25) is 0 Å². The van der Waals surface area contributed by atoms with Crippen molar-refractivity contribution in [1.29, 1.82) is 0 Å². The van der Waals surface area contributed by atoms with Crippen LogP contribution in [0.2, 0.25) is 0 Å². The van der Waals surface area contributed by atoms with E-state index in [-0.39, 0.29) is 36.6 Å². The third-order valence-electron chi connectivity index (χ3n) is 3.43. The van der Waals surface area contributed by atoms with Crippen molar-refractivity contribution in [2.24, 2.45) is 5.73 Å². The molecule has 3 heteroatoms. The van der Waals surface area contributed by atoms with Gasteiger partial charge in [0.05, 0.1) is 0 Å². The van der Waals surface area contributed by atoms with Gasteiger partial charge in [-0.15, -0.1) is 24.0 Å². The lowest BCUT2D eigenvalue weighted by molar-refractivity contribution is 0.271. The minimum atomic E-state index is 0. The van der Waals surface area contributed by atoms with Gasteiger partial charge in [-0.25, -0.2) is 0 Å². The molecule has 0 saturated heterocycles. The maximum atomic E-state index is 8.72. The molecule has 0 spiro atoms. The Morgan fingerprint density at radius 3 is 1.67 bits per heavy atom. The van der Waals surface area contributed by atoms with Gasteiger partial charge in [0.25, 0.3) is 0 Å². The smallest absolute Gasteiger partial charge is 0.0445 e. The quantitative estimate of drug-likeness (QED) is 0.366. The Bertz CT molecular complexity index is 144. The molecule has 0 heterocycles. The molecular weight excluding hydrogens is 337 g/mol. The van der Waals surface area contributed by atoms with Crippen molar-refractivity contribution in [1.82, 2.24) is 0 Å². The third-order valence-corrected chi connectivity index (χ3v) is 3.43. The molecule has 0 aliphatic heterocycles. The van der Waals surface area contributed by atoms with E-state index in [9.17, 15) is 0 Å². The molecule has 0 aromatic heterocycles. The monoisotopic (exact) mass is 371 g/mol. The summed E-state index contributed by atoms with van der Waals surface area (Å²) in [6.07, 6.45) is 15.6. The molecule has 0 aliphatic rings. The second kappa shape index (κ2) is 17.6. The topological polar surface area (TPSA) is 46.2 Å². The summed E-state index contributed by atoms with van der Waals surface area (Å²) < 4.78 is 0. The van der Waals surface area contributed by atoms with E-state index in [4.69, 9.17) is 10.8 Å². The van der Waals surface area contributed by atoms with Crippen LogP contribution in [0.1, 0.15) is 84.0 Å². The zero-order valence-electron chi connectivity index (χ0n) is 12.2. The summed E-state index contributed by atoms with van der Waals surface area (Å²) in [7, 11) is 0. The summed E-state index contributed by atoms with van der Waals surface area (Å²) in [4.78, 5) is 0. The molecule has 1 unspecified atom stereocenters. The van der Waals surface area contributed by atoms with Crippen molar-refractivity contribution >= 4 is 24.0 Å². The molecule has 0 aromatic carbocycles. The van der Waals surface area contributed by atoms with Crippen molar-refractivity contribution < 1.29 is 5.11 Å². The Balaban J connectivity index is 0. The van der Waals surface area contributed by atoms with Crippen LogP contribution in [0.3, 0.4) is 0 Å². The minimum Gasteiger partial charge on any atom is -0.396 e. The average Bonchev–Trinajstić information content (AvgIpc) is 2.32. The molecule has 0 radical (unpaired) electrons. The zero-order chi connectivity index (χ0) is 12.8. The molecule has 18 heavy (non-hydrogen) atoms. The molecule has 0 rings (SSSR count). The first-order chi connectivity index (χ1) is 8.31. The first kappa shape index (κ1) is 21.0. The summed E-state index contributed by atoms with van der Waals surface area (Å²) in [6, 6.07) is 0.217. The van der Waals surface area contributed by atoms with Crippen LogP contribution in [-0.2, 0) is 0 Å². The number of unbranched alkanes of at least 4 members (excludes halogenated alkanes) is 9.